The predicted octanol–water partition coefficient (Wildman–Crippen LogP) is 0.603. The highest BCUT2D eigenvalue weighted by molar-refractivity contribution is 5.75. The summed E-state index contributed by atoms with van der Waals surface area (Å²) in [7, 11) is 0. The van der Waals surface area contributed by atoms with Crippen LogP contribution in [-0.2, 0) is 16.1 Å². The summed E-state index contributed by atoms with van der Waals surface area (Å²) in [5.41, 5.74) is -0.974. The van der Waals surface area contributed by atoms with Gasteiger partial charge in [0, 0.05) is 0 Å². The Morgan fingerprint density at radius 2 is 2.06 bits per heavy atom. The van der Waals surface area contributed by atoms with Crippen molar-refractivity contribution in [3.63, 3.8) is 0 Å². The van der Waals surface area contributed by atoms with Crippen LogP contribution in [0.3, 0.4) is 0 Å². The Morgan fingerprint density at radius 3 is 2.50 bits per heavy atom. The minimum absolute atomic E-state index is 0.173. The first kappa shape index (κ1) is 12.5. The van der Waals surface area contributed by atoms with Gasteiger partial charge in [-0.3, -0.25) is 4.79 Å². The molecule has 1 heterocycles. The van der Waals surface area contributed by atoms with Crippen molar-refractivity contribution in [1.29, 1.82) is 0 Å². The van der Waals surface area contributed by atoms with Crippen molar-refractivity contribution in [3.8, 4) is 0 Å². The second-order valence-electron chi connectivity index (χ2n) is 4.05. The third-order valence-electron chi connectivity index (χ3n) is 2.12. The van der Waals surface area contributed by atoms with E-state index in [0.29, 0.717) is 0 Å². The van der Waals surface area contributed by atoms with E-state index in [1.54, 1.807) is 13.8 Å². The van der Waals surface area contributed by atoms with Crippen molar-refractivity contribution in [2.24, 2.45) is 5.41 Å². The lowest BCUT2D eigenvalue weighted by Gasteiger charge is -2.18. The molecule has 0 aliphatic heterocycles. The lowest BCUT2D eigenvalue weighted by atomic mass is 9.95. The normalized spacial score (nSPS) is 11.5. The highest BCUT2D eigenvalue weighted by atomic mass is 16.6. The Balaban J connectivity index is 2.62. The second-order valence-corrected chi connectivity index (χ2v) is 4.05. The maximum Gasteiger partial charge on any atom is 0.519 e. The van der Waals surface area contributed by atoms with Crippen molar-refractivity contribution >= 4 is 5.97 Å². The fraction of sp³-hybridized carbons (Fsp3) is 0.600. The molecule has 1 rings (SSSR count). The SMILES string of the molecule is Cc1oc(=O)oc1COC(=O)C(C)(C)CO. The van der Waals surface area contributed by atoms with Crippen LogP contribution in [0.15, 0.2) is 13.6 Å². The minimum Gasteiger partial charge on any atom is -0.457 e. The van der Waals surface area contributed by atoms with Gasteiger partial charge in [0.1, 0.15) is 0 Å². The number of ether oxygens (including phenoxy) is 1. The minimum atomic E-state index is -0.974. The third-order valence-corrected chi connectivity index (χ3v) is 2.12. The Labute approximate surface area is 91.8 Å². The van der Waals surface area contributed by atoms with Gasteiger partial charge < -0.3 is 18.7 Å². The standard InChI is InChI=1S/C10H14O6/c1-6-7(16-9(13)15-6)4-14-8(12)10(2,3)5-11/h11H,4-5H2,1-3H3. The number of hydrogen-bond acceptors (Lipinski definition) is 6. The molecule has 0 bridgehead atoms. The van der Waals surface area contributed by atoms with Crippen LogP contribution >= 0.6 is 0 Å². The summed E-state index contributed by atoms with van der Waals surface area (Å²) in [5, 5.41) is 8.93. The van der Waals surface area contributed by atoms with Crippen molar-refractivity contribution in [2.45, 2.75) is 27.4 Å². The van der Waals surface area contributed by atoms with E-state index < -0.39 is 17.2 Å². The van der Waals surface area contributed by atoms with Crippen LogP contribution in [0.1, 0.15) is 25.4 Å². The van der Waals surface area contributed by atoms with E-state index in [-0.39, 0.29) is 24.7 Å². The maximum atomic E-state index is 11.5. The molecule has 0 amide bonds. The predicted molar refractivity (Wildman–Crippen MR) is 52.6 cm³/mol. The molecule has 1 aromatic heterocycles. The van der Waals surface area contributed by atoms with Crippen LogP contribution < -0.4 is 5.82 Å². The second kappa shape index (κ2) is 4.52. The van der Waals surface area contributed by atoms with E-state index in [1.807, 2.05) is 0 Å². The molecule has 0 aliphatic rings. The molecule has 1 aromatic rings. The zero-order valence-electron chi connectivity index (χ0n) is 9.40. The van der Waals surface area contributed by atoms with Crippen LogP contribution in [0.5, 0.6) is 0 Å². The Kier molecular flexibility index (Phi) is 3.54. The van der Waals surface area contributed by atoms with Crippen molar-refractivity contribution in [1.82, 2.24) is 0 Å². The molecule has 16 heavy (non-hydrogen) atoms. The zero-order chi connectivity index (χ0) is 12.3. The molecule has 0 fully saturated rings. The smallest absolute Gasteiger partial charge is 0.457 e. The first-order valence-corrected chi connectivity index (χ1v) is 4.74. The summed E-state index contributed by atoms with van der Waals surface area (Å²) in [6.45, 7) is 4.13. The molecule has 0 aliphatic carbocycles. The third kappa shape index (κ3) is 2.73. The van der Waals surface area contributed by atoms with Crippen molar-refractivity contribution < 1.29 is 23.5 Å². The first-order valence-electron chi connectivity index (χ1n) is 4.74. The number of aliphatic hydroxyl groups excluding tert-OH is 1. The van der Waals surface area contributed by atoms with Gasteiger partial charge in [-0.2, -0.15) is 0 Å². The maximum absolute atomic E-state index is 11.5. The molecule has 0 saturated heterocycles. The molecular weight excluding hydrogens is 216 g/mol. The van der Waals surface area contributed by atoms with Gasteiger partial charge in [0.2, 0.25) is 0 Å². The molecule has 0 atom stereocenters. The summed E-state index contributed by atoms with van der Waals surface area (Å²) >= 11 is 0. The molecule has 0 radical (unpaired) electrons. The summed E-state index contributed by atoms with van der Waals surface area (Å²) < 4.78 is 14.1. The van der Waals surface area contributed by atoms with Gasteiger partial charge in [0.15, 0.2) is 18.1 Å². The molecule has 1 N–H and O–H groups in total. The molecule has 90 valence electrons. The van der Waals surface area contributed by atoms with E-state index in [0.717, 1.165) is 0 Å². The molecule has 6 nitrogen and oxygen atoms in total. The molecule has 0 saturated carbocycles. The first-order chi connectivity index (χ1) is 7.36. The highest BCUT2D eigenvalue weighted by Crippen LogP contribution is 2.17. The van der Waals surface area contributed by atoms with E-state index >= 15 is 0 Å². The number of esters is 1. The van der Waals surface area contributed by atoms with E-state index in [2.05, 4.69) is 8.83 Å². The van der Waals surface area contributed by atoms with Gasteiger partial charge in [-0.1, -0.05) is 0 Å². The van der Waals surface area contributed by atoms with Gasteiger partial charge in [0.25, 0.3) is 0 Å². The van der Waals surface area contributed by atoms with Crippen LogP contribution in [0, 0.1) is 12.3 Å². The average molecular weight is 230 g/mol. The molecule has 0 spiro atoms. The Hall–Kier alpha value is -1.56. The number of carbonyl (C=O) groups is 1. The molecule has 6 heteroatoms. The summed E-state index contributed by atoms with van der Waals surface area (Å²) in [6.07, 6.45) is 0. The number of hydrogen-bond donors (Lipinski definition) is 1. The quantitative estimate of drug-likeness (QED) is 0.762. The Morgan fingerprint density at radius 1 is 1.44 bits per heavy atom. The number of aryl methyl sites for hydroxylation is 1. The van der Waals surface area contributed by atoms with Gasteiger partial charge >= 0.3 is 11.8 Å². The number of aliphatic hydroxyl groups is 1. The molecule has 0 aromatic carbocycles. The summed E-state index contributed by atoms with van der Waals surface area (Å²) in [6, 6.07) is 0. The monoisotopic (exact) mass is 230 g/mol. The Bertz CT molecular complexity index is 425. The largest absolute Gasteiger partial charge is 0.519 e. The number of carbonyl (C=O) groups excluding carboxylic acids is 1. The topological polar surface area (TPSA) is 89.9 Å². The average Bonchev–Trinajstić information content (AvgIpc) is 2.53. The van der Waals surface area contributed by atoms with E-state index in [1.165, 1.54) is 6.92 Å². The van der Waals surface area contributed by atoms with Gasteiger partial charge in [-0.15, -0.1) is 0 Å². The van der Waals surface area contributed by atoms with Crippen LogP contribution in [0.25, 0.3) is 0 Å². The molecular formula is C10H14O6. The fourth-order valence-corrected chi connectivity index (χ4v) is 0.897. The lowest BCUT2D eigenvalue weighted by molar-refractivity contribution is -0.158. The number of rotatable bonds is 4. The summed E-state index contributed by atoms with van der Waals surface area (Å²) in [5.74, 6) is -0.949. The van der Waals surface area contributed by atoms with E-state index in [4.69, 9.17) is 9.84 Å². The van der Waals surface area contributed by atoms with Gasteiger partial charge in [-0.05, 0) is 20.8 Å². The van der Waals surface area contributed by atoms with Crippen molar-refractivity contribution in [2.75, 3.05) is 6.61 Å². The molecule has 0 unspecified atom stereocenters. The van der Waals surface area contributed by atoms with Crippen molar-refractivity contribution in [3.05, 3.63) is 22.1 Å². The van der Waals surface area contributed by atoms with Crippen LogP contribution in [0.4, 0.5) is 0 Å². The highest BCUT2D eigenvalue weighted by Gasteiger charge is 2.29. The zero-order valence-corrected chi connectivity index (χ0v) is 9.40. The lowest BCUT2D eigenvalue weighted by Crippen LogP contribution is -2.30. The van der Waals surface area contributed by atoms with Crippen LogP contribution in [-0.4, -0.2) is 17.7 Å². The van der Waals surface area contributed by atoms with Gasteiger partial charge in [0.05, 0.1) is 12.0 Å². The summed E-state index contributed by atoms with van der Waals surface area (Å²) in [4.78, 5) is 22.1. The van der Waals surface area contributed by atoms with Crippen LogP contribution in [0.2, 0.25) is 0 Å². The van der Waals surface area contributed by atoms with Gasteiger partial charge in [-0.25, -0.2) is 4.79 Å². The van der Waals surface area contributed by atoms with E-state index in [9.17, 15) is 9.59 Å². The fourth-order valence-electron chi connectivity index (χ4n) is 0.897.